The van der Waals surface area contributed by atoms with E-state index in [0.717, 1.165) is 13.1 Å². The lowest BCUT2D eigenvalue weighted by Gasteiger charge is -2.35. The summed E-state index contributed by atoms with van der Waals surface area (Å²) in [5.74, 6) is -0.0632. The van der Waals surface area contributed by atoms with Gasteiger partial charge in [-0.15, -0.1) is 0 Å². The van der Waals surface area contributed by atoms with E-state index in [2.05, 4.69) is 9.62 Å². The topological polar surface area (TPSA) is 78.9 Å². The van der Waals surface area contributed by atoms with Gasteiger partial charge in [-0.3, -0.25) is 4.90 Å². The number of phenols is 1. The highest BCUT2D eigenvalue weighted by atomic mass is 32.2. The van der Waals surface area contributed by atoms with E-state index < -0.39 is 10.0 Å². The lowest BCUT2D eigenvalue weighted by molar-refractivity contribution is -0.0449. The van der Waals surface area contributed by atoms with Gasteiger partial charge in [-0.1, -0.05) is 6.07 Å². The number of benzene rings is 1. The fourth-order valence-corrected chi connectivity index (χ4v) is 4.05. The van der Waals surface area contributed by atoms with Crippen LogP contribution in [0.1, 0.15) is 12.8 Å². The molecule has 2 saturated heterocycles. The summed E-state index contributed by atoms with van der Waals surface area (Å²) in [6, 6.07) is 6.15. The van der Waals surface area contributed by atoms with Crippen molar-refractivity contribution >= 4 is 10.0 Å². The quantitative estimate of drug-likeness (QED) is 0.848. The maximum absolute atomic E-state index is 12.2. The SMILES string of the molecule is O=S(=O)(NCC1CN2CCCC2CO1)c1cccc(O)c1. The van der Waals surface area contributed by atoms with Crippen LogP contribution >= 0.6 is 0 Å². The summed E-state index contributed by atoms with van der Waals surface area (Å²) in [6.45, 7) is 2.77. The van der Waals surface area contributed by atoms with Crippen molar-refractivity contribution in [1.82, 2.24) is 9.62 Å². The van der Waals surface area contributed by atoms with Gasteiger partial charge >= 0.3 is 0 Å². The lowest BCUT2D eigenvalue weighted by atomic mass is 10.2. The number of sulfonamides is 1. The molecule has 0 aromatic heterocycles. The molecule has 0 radical (unpaired) electrons. The second-order valence-corrected chi connectivity index (χ2v) is 7.36. The van der Waals surface area contributed by atoms with Crippen molar-refractivity contribution in [2.75, 3.05) is 26.2 Å². The van der Waals surface area contributed by atoms with Gasteiger partial charge in [0.2, 0.25) is 10.0 Å². The first-order chi connectivity index (χ1) is 10.0. The Hall–Kier alpha value is -1.15. The van der Waals surface area contributed by atoms with Gasteiger partial charge < -0.3 is 9.84 Å². The summed E-state index contributed by atoms with van der Waals surface area (Å²) in [7, 11) is -3.61. The molecule has 0 aliphatic carbocycles. The molecule has 6 nitrogen and oxygen atoms in total. The summed E-state index contributed by atoms with van der Waals surface area (Å²) in [4.78, 5) is 2.44. The zero-order chi connectivity index (χ0) is 14.9. The number of fused-ring (bicyclic) bond motifs is 1. The Balaban J connectivity index is 1.59. The molecule has 0 bridgehead atoms. The summed E-state index contributed by atoms with van der Waals surface area (Å²) < 4.78 is 32.6. The number of hydrogen-bond acceptors (Lipinski definition) is 5. The van der Waals surface area contributed by atoms with Gasteiger partial charge in [0, 0.05) is 19.1 Å². The van der Waals surface area contributed by atoms with Gasteiger partial charge in [-0.05, 0) is 37.6 Å². The molecule has 2 aliphatic rings. The molecule has 2 unspecified atom stereocenters. The Morgan fingerprint density at radius 1 is 1.43 bits per heavy atom. The minimum atomic E-state index is -3.61. The van der Waals surface area contributed by atoms with Crippen LogP contribution in [0, 0.1) is 0 Å². The zero-order valence-electron chi connectivity index (χ0n) is 11.7. The smallest absolute Gasteiger partial charge is 0.240 e. The lowest BCUT2D eigenvalue weighted by Crippen LogP contribution is -2.50. The molecular formula is C14H20N2O4S. The van der Waals surface area contributed by atoms with Crippen LogP contribution in [0.3, 0.4) is 0 Å². The van der Waals surface area contributed by atoms with Gasteiger partial charge in [0.1, 0.15) is 5.75 Å². The van der Waals surface area contributed by atoms with Crippen LogP contribution in [0.15, 0.2) is 29.2 Å². The molecule has 0 saturated carbocycles. The second kappa shape index (κ2) is 5.92. The summed E-state index contributed by atoms with van der Waals surface area (Å²) in [5.41, 5.74) is 0. The van der Waals surface area contributed by atoms with E-state index in [9.17, 15) is 13.5 Å². The number of ether oxygens (including phenoxy) is 1. The van der Waals surface area contributed by atoms with E-state index in [4.69, 9.17) is 4.74 Å². The van der Waals surface area contributed by atoms with E-state index in [1.807, 2.05) is 0 Å². The maximum Gasteiger partial charge on any atom is 0.240 e. The predicted octanol–water partition coefficient (Wildman–Crippen LogP) is 0.534. The Kier molecular flexibility index (Phi) is 4.17. The Morgan fingerprint density at radius 2 is 2.29 bits per heavy atom. The third-order valence-corrected chi connectivity index (χ3v) is 5.51. The molecule has 2 aliphatic heterocycles. The van der Waals surface area contributed by atoms with Crippen molar-refractivity contribution in [2.45, 2.75) is 29.9 Å². The molecule has 2 atom stereocenters. The third-order valence-electron chi connectivity index (χ3n) is 4.09. The molecule has 0 spiro atoms. The summed E-state index contributed by atoms with van der Waals surface area (Å²) in [5, 5.41) is 9.37. The van der Waals surface area contributed by atoms with Gasteiger partial charge in [-0.2, -0.15) is 0 Å². The molecule has 3 rings (SSSR count). The largest absolute Gasteiger partial charge is 0.508 e. The zero-order valence-corrected chi connectivity index (χ0v) is 12.6. The molecule has 7 heteroatoms. The van der Waals surface area contributed by atoms with Crippen LogP contribution in [0.25, 0.3) is 0 Å². The monoisotopic (exact) mass is 312 g/mol. The van der Waals surface area contributed by atoms with Crippen LogP contribution in [-0.4, -0.2) is 56.8 Å². The number of aromatic hydroxyl groups is 1. The van der Waals surface area contributed by atoms with Gasteiger partial charge in [0.05, 0.1) is 17.6 Å². The number of nitrogens with zero attached hydrogens (tertiary/aromatic N) is 1. The first-order valence-corrected chi connectivity index (χ1v) is 8.67. The van der Waals surface area contributed by atoms with Crippen molar-refractivity contribution in [3.8, 4) is 5.75 Å². The second-order valence-electron chi connectivity index (χ2n) is 5.60. The number of morpholine rings is 1. The molecule has 1 aromatic carbocycles. The van der Waals surface area contributed by atoms with E-state index in [1.165, 1.54) is 37.1 Å². The predicted molar refractivity (Wildman–Crippen MR) is 77.6 cm³/mol. The van der Waals surface area contributed by atoms with Gasteiger partial charge in [-0.25, -0.2) is 13.1 Å². The van der Waals surface area contributed by atoms with Crippen LogP contribution in [-0.2, 0) is 14.8 Å². The van der Waals surface area contributed by atoms with Crippen LogP contribution in [0.4, 0.5) is 0 Å². The van der Waals surface area contributed by atoms with E-state index in [-0.39, 0.29) is 23.3 Å². The van der Waals surface area contributed by atoms with Crippen molar-refractivity contribution in [3.05, 3.63) is 24.3 Å². The van der Waals surface area contributed by atoms with Crippen LogP contribution in [0.5, 0.6) is 5.75 Å². The number of rotatable bonds is 4. The molecule has 21 heavy (non-hydrogen) atoms. The molecule has 1 aromatic rings. The fourth-order valence-electron chi connectivity index (χ4n) is 2.95. The average molecular weight is 312 g/mol. The maximum atomic E-state index is 12.2. The Labute approximate surface area is 124 Å². The molecule has 0 amide bonds. The number of nitrogens with one attached hydrogen (secondary N) is 1. The minimum Gasteiger partial charge on any atom is -0.508 e. The summed E-state index contributed by atoms with van der Waals surface area (Å²) in [6.07, 6.45) is 2.24. The Morgan fingerprint density at radius 3 is 3.10 bits per heavy atom. The van der Waals surface area contributed by atoms with Crippen molar-refractivity contribution < 1.29 is 18.3 Å². The number of phenolic OH excluding ortho intramolecular Hbond substituents is 1. The fraction of sp³-hybridized carbons (Fsp3) is 0.571. The highest BCUT2D eigenvalue weighted by Gasteiger charge is 2.32. The van der Waals surface area contributed by atoms with E-state index in [1.54, 1.807) is 0 Å². The standard InChI is InChI=1S/C14H20N2O4S/c17-12-4-1-5-14(7-12)21(18,19)15-8-13-9-16-6-2-3-11(16)10-20-13/h1,4-5,7,11,13,15,17H,2-3,6,8-10H2. The molecule has 2 N–H and O–H groups in total. The van der Waals surface area contributed by atoms with Gasteiger partial charge in [0.25, 0.3) is 0 Å². The van der Waals surface area contributed by atoms with Crippen LogP contribution < -0.4 is 4.72 Å². The minimum absolute atomic E-state index is 0.0632. The van der Waals surface area contributed by atoms with E-state index >= 15 is 0 Å². The number of hydrogen-bond donors (Lipinski definition) is 2. The highest BCUT2D eigenvalue weighted by molar-refractivity contribution is 7.89. The van der Waals surface area contributed by atoms with E-state index in [0.29, 0.717) is 12.6 Å². The van der Waals surface area contributed by atoms with Crippen molar-refractivity contribution in [2.24, 2.45) is 0 Å². The van der Waals surface area contributed by atoms with Crippen molar-refractivity contribution in [3.63, 3.8) is 0 Å². The first-order valence-electron chi connectivity index (χ1n) is 7.19. The molecule has 2 fully saturated rings. The molecule has 116 valence electrons. The molecular weight excluding hydrogens is 292 g/mol. The average Bonchev–Trinajstić information content (AvgIpc) is 2.93. The third kappa shape index (κ3) is 3.37. The first kappa shape index (κ1) is 14.8. The highest BCUT2D eigenvalue weighted by Crippen LogP contribution is 2.22. The Bertz CT molecular complexity index is 605. The summed E-state index contributed by atoms with van der Waals surface area (Å²) >= 11 is 0. The van der Waals surface area contributed by atoms with Crippen LogP contribution in [0.2, 0.25) is 0 Å². The normalized spacial score (nSPS) is 26.7. The van der Waals surface area contributed by atoms with Crippen molar-refractivity contribution in [1.29, 1.82) is 0 Å². The molecule has 2 heterocycles. The van der Waals surface area contributed by atoms with Gasteiger partial charge in [0.15, 0.2) is 0 Å².